The topological polar surface area (TPSA) is 81.3 Å². The second-order valence-electron chi connectivity index (χ2n) is 5.47. The highest BCUT2D eigenvalue weighted by molar-refractivity contribution is 7.99. The highest BCUT2D eigenvalue weighted by atomic mass is 32.2. The van der Waals surface area contributed by atoms with E-state index in [4.69, 9.17) is 4.74 Å². The first-order chi connectivity index (χ1) is 11.6. The quantitative estimate of drug-likeness (QED) is 0.850. The highest BCUT2D eigenvalue weighted by Gasteiger charge is 2.18. The molecule has 6 nitrogen and oxygen atoms in total. The summed E-state index contributed by atoms with van der Waals surface area (Å²) in [5, 5.41) is 0.501. The van der Waals surface area contributed by atoms with Gasteiger partial charge in [0.2, 0.25) is 0 Å². The largest absolute Gasteiger partial charge is 0.465 e. The van der Waals surface area contributed by atoms with E-state index in [-0.39, 0.29) is 16.5 Å². The number of carbonyl (C=O) groups excluding carboxylic acids is 1. The van der Waals surface area contributed by atoms with Crippen LogP contribution in [0.25, 0.3) is 10.9 Å². The number of ether oxygens (including phenoxy) is 2. The minimum absolute atomic E-state index is 0.0445. The number of nitrogens with zero attached hydrogens (tertiary/aromatic N) is 1. The predicted octanol–water partition coefficient (Wildman–Crippen LogP) is 2.26. The fraction of sp³-hybridized carbons (Fsp3) is 0.438. The summed E-state index contributed by atoms with van der Waals surface area (Å²) in [7, 11) is 1.18. The number of aromatic nitrogens is 2. The van der Waals surface area contributed by atoms with Crippen molar-refractivity contribution in [3.05, 3.63) is 39.7 Å². The molecule has 0 aliphatic carbocycles. The molecule has 24 heavy (non-hydrogen) atoms. The number of esters is 1. The fourth-order valence-corrected chi connectivity index (χ4v) is 3.72. The average Bonchev–Trinajstić information content (AvgIpc) is 2.59. The van der Waals surface area contributed by atoms with Crippen LogP contribution in [0.1, 0.15) is 29.0 Å². The summed E-state index contributed by atoms with van der Waals surface area (Å²) in [6.45, 7) is 1.49. The molecule has 1 fully saturated rings. The Labute approximate surface area is 141 Å². The number of nitrogens with one attached hydrogen (secondary N) is 1. The van der Waals surface area contributed by atoms with Gasteiger partial charge in [0.25, 0.3) is 5.56 Å². The lowest BCUT2D eigenvalue weighted by atomic mass is 10.1. The summed E-state index contributed by atoms with van der Waals surface area (Å²) < 4.78 is 23.7. The highest BCUT2D eigenvalue weighted by Crippen LogP contribution is 2.25. The van der Waals surface area contributed by atoms with Crippen molar-refractivity contribution in [1.29, 1.82) is 0 Å². The Hall–Kier alpha value is -1.93. The maximum Gasteiger partial charge on any atom is 0.338 e. The fourth-order valence-electron chi connectivity index (χ4n) is 2.66. The number of rotatable bonds is 4. The minimum atomic E-state index is -0.767. The van der Waals surface area contributed by atoms with Crippen molar-refractivity contribution in [2.45, 2.75) is 23.8 Å². The van der Waals surface area contributed by atoms with Crippen molar-refractivity contribution in [1.82, 2.24) is 9.97 Å². The number of hydrogen-bond acceptors (Lipinski definition) is 6. The first kappa shape index (κ1) is 16.9. The molecule has 0 saturated carbocycles. The first-order valence-electron chi connectivity index (χ1n) is 7.58. The van der Waals surface area contributed by atoms with E-state index in [1.165, 1.54) is 7.11 Å². The maximum absolute atomic E-state index is 13.8. The van der Waals surface area contributed by atoms with E-state index < -0.39 is 17.3 Å². The molecule has 2 aromatic rings. The van der Waals surface area contributed by atoms with Crippen LogP contribution >= 0.6 is 11.8 Å². The molecule has 3 rings (SSSR count). The van der Waals surface area contributed by atoms with Gasteiger partial charge in [-0.25, -0.2) is 14.2 Å². The number of carbonyl (C=O) groups is 1. The molecule has 0 spiro atoms. The Kier molecular flexibility index (Phi) is 5.15. The molecular weight excluding hydrogens is 335 g/mol. The Morgan fingerprint density at radius 3 is 2.92 bits per heavy atom. The van der Waals surface area contributed by atoms with Gasteiger partial charge < -0.3 is 14.5 Å². The monoisotopic (exact) mass is 352 g/mol. The van der Waals surface area contributed by atoms with Crippen LogP contribution in [0.2, 0.25) is 0 Å². The Morgan fingerprint density at radius 2 is 2.21 bits per heavy atom. The van der Waals surface area contributed by atoms with Gasteiger partial charge >= 0.3 is 5.97 Å². The third kappa shape index (κ3) is 3.59. The van der Waals surface area contributed by atoms with E-state index in [1.807, 2.05) is 0 Å². The average molecular weight is 352 g/mol. The second kappa shape index (κ2) is 7.31. The van der Waals surface area contributed by atoms with Gasteiger partial charge in [-0.05, 0) is 18.9 Å². The molecule has 2 heterocycles. The van der Waals surface area contributed by atoms with Gasteiger partial charge in [0.1, 0.15) is 11.6 Å². The SMILES string of the molecule is COC(=O)c1cc(F)cc2nc(CSC3CCOCC3)[nH]c(=O)c12. The van der Waals surface area contributed by atoms with E-state index in [2.05, 4.69) is 14.7 Å². The third-order valence-electron chi connectivity index (χ3n) is 3.85. The molecule has 1 aromatic carbocycles. The lowest BCUT2D eigenvalue weighted by molar-refractivity contribution is 0.0602. The summed E-state index contributed by atoms with van der Waals surface area (Å²) in [5.74, 6) is -0.425. The number of thioether (sulfide) groups is 1. The summed E-state index contributed by atoms with van der Waals surface area (Å²) in [6.07, 6.45) is 1.92. The van der Waals surface area contributed by atoms with E-state index in [0.717, 1.165) is 38.2 Å². The van der Waals surface area contributed by atoms with Crippen molar-refractivity contribution in [3.8, 4) is 0 Å². The summed E-state index contributed by atoms with van der Waals surface area (Å²) in [6, 6.07) is 2.14. The smallest absolute Gasteiger partial charge is 0.338 e. The van der Waals surface area contributed by atoms with Crippen LogP contribution in [0.4, 0.5) is 4.39 Å². The van der Waals surface area contributed by atoms with Gasteiger partial charge in [-0.1, -0.05) is 0 Å². The molecule has 1 aliphatic heterocycles. The first-order valence-corrected chi connectivity index (χ1v) is 8.63. The van der Waals surface area contributed by atoms with Crippen molar-refractivity contribution in [3.63, 3.8) is 0 Å². The summed E-state index contributed by atoms with van der Waals surface area (Å²) in [5.41, 5.74) is -0.436. The standard InChI is InChI=1S/C16H17FN2O4S/c1-22-16(21)11-6-9(17)7-12-14(11)15(20)19-13(18-12)8-24-10-2-4-23-5-3-10/h6-7,10H,2-5,8H2,1H3,(H,18,19,20). The number of aromatic amines is 1. The number of hydrogen-bond donors (Lipinski definition) is 1. The van der Waals surface area contributed by atoms with Crippen LogP contribution in [0.3, 0.4) is 0 Å². The van der Waals surface area contributed by atoms with Crippen LogP contribution in [0, 0.1) is 5.82 Å². The number of benzene rings is 1. The molecule has 8 heteroatoms. The van der Waals surface area contributed by atoms with Crippen LogP contribution in [0.15, 0.2) is 16.9 Å². The Bertz CT molecular complexity index is 818. The molecule has 128 valence electrons. The maximum atomic E-state index is 13.8. The van der Waals surface area contributed by atoms with Crippen molar-refractivity contribution in [2.75, 3.05) is 20.3 Å². The molecule has 0 radical (unpaired) electrons. The van der Waals surface area contributed by atoms with E-state index in [9.17, 15) is 14.0 Å². The molecule has 1 N–H and O–H groups in total. The minimum Gasteiger partial charge on any atom is -0.465 e. The predicted molar refractivity (Wildman–Crippen MR) is 88.8 cm³/mol. The Balaban J connectivity index is 1.92. The van der Waals surface area contributed by atoms with Gasteiger partial charge in [-0.2, -0.15) is 11.8 Å². The second-order valence-corrected chi connectivity index (χ2v) is 6.76. The van der Waals surface area contributed by atoms with Crippen LogP contribution < -0.4 is 5.56 Å². The summed E-state index contributed by atoms with van der Waals surface area (Å²) >= 11 is 1.69. The van der Waals surface area contributed by atoms with Gasteiger partial charge in [0, 0.05) is 24.5 Å². The zero-order valence-corrected chi connectivity index (χ0v) is 14.0. The van der Waals surface area contributed by atoms with E-state index >= 15 is 0 Å². The lowest BCUT2D eigenvalue weighted by Gasteiger charge is -2.21. The van der Waals surface area contributed by atoms with Crippen molar-refractivity contribution < 1.29 is 18.7 Å². The number of fused-ring (bicyclic) bond motifs is 1. The zero-order valence-electron chi connectivity index (χ0n) is 13.1. The lowest BCUT2D eigenvalue weighted by Crippen LogP contribution is -2.19. The number of H-pyrrole nitrogens is 1. The summed E-state index contributed by atoms with van der Waals surface area (Å²) in [4.78, 5) is 31.1. The molecular formula is C16H17FN2O4S. The molecule has 0 amide bonds. The van der Waals surface area contributed by atoms with E-state index in [1.54, 1.807) is 11.8 Å². The molecule has 0 bridgehead atoms. The number of halogens is 1. The van der Waals surface area contributed by atoms with Crippen LogP contribution in [0.5, 0.6) is 0 Å². The van der Waals surface area contributed by atoms with Gasteiger partial charge in [0.05, 0.1) is 29.3 Å². The number of methoxy groups -OCH3 is 1. The van der Waals surface area contributed by atoms with Crippen LogP contribution in [-0.4, -0.2) is 41.5 Å². The molecule has 1 aliphatic rings. The van der Waals surface area contributed by atoms with Crippen molar-refractivity contribution >= 4 is 28.6 Å². The van der Waals surface area contributed by atoms with Crippen LogP contribution in [-0.2, 0) is 15.2 Å². The van der Waals surface area contributed by atoms with Gasteiger partial charge in [0.15, 0.2) is 0 Å². The molecule has 1 aromatic heterocycles. The molecule has 0 atom stereocenters. The normalized spacial score (nSPS) is 15.6. The zero-order chi connectivity index (χ0) is 17.1. The van der Waals surface area contributed by atoms with Gasteiger partial charge in [-0.3, -0.25) is 4.79 Å². The Morgan fingerprint density at radius 1 is 1.46 bits per heavy atom. The van der Waals surface area contributed by atoms with E-state index in [0.29, 0.717) is 16.8 Å². The molecule has 0 unspecified atom stereocenters. The van der Waals surface area contributed by atoms with Crippen molar-refractivity contribution in [2.24, 2.45) is 0 Å². The van der Waals surface area contributed by atoms with Gasteiger partial charge in [-0.15, -0.1) is 0 Å². The molecule has 1 saturated heterocycles. The third-order valence-corrected chi connectivity index (χ3v) is 5.23.